The fourth-order valence-corrected chi connectivity index (χ4v) is 5.41. The molecule has 0 bridgehead atoms. The Morgan fingerprint density at radius 3 is 2.50 bits per heavy atom. The molecule has 4 rings (SSSR count). The predicted molar refractivity (Wildman–Crippen MR) is 139 cm³/mol. The average molecular weight is 557 g/mol. The van der Waals surface area contributed by atoms with Crippen LogP contribution in [0, 0.1) is 0 Å². The third-order valence-corrected chi connectivity index (χ3v) is 7.38. The molecular weight excluding hydrogens is 536 g/mol. The van der Waals surface area contributed by atoms with Gasteiger partial charge in [-0.15, -0.1) is 21.5 Å². The number of thioether (sulfide) groups is 1. The third-order valence-electron chi connectivity index (χ3n) is 4.99. The fraction of sp³-hybridized carbons (Fsp3) is 0.167. The molecule has 0 unspecified atom stereocenters. The zero-order valence-corrected chi connectivity index (χ0v) is 21.7. The van der Waals surface area contributed by atoms with Crippen LogP contribution < -0.4 is 5.32 Å². The van der Waals surface area contributed by atoms with Crippen molar-refractivity contribution in [2.75, 3.05) is 18.2 Å². The third kappa shape index (κ3) is 5.24. The topological polar surface area (TPSA) is 86.1 Å². The van der Waals surface area contributed by atoms with Crippen LogP contribution in [-0.4, -0.2) is 39.5 Å². The Morgan fingerprint density at radius 1 is 1.09 bits per heavy atom. The van der Waals surface area contributed by atoms with Crippen molar-refractivity contribution in [3.63, 3.8) is 0 Å². The molecule has 0 saturated heterocycles. The molecule has 0 radical (unpaired) electrons. The van der Waals surface area contributed by atoms with Crippen LogP contribution in [0.15, 0.2) is 69.6 Å². The number of esters is 1. The largest absolute Gasteiger partial charge is 0.465 e. The van der Waals surface area contributed by atoms with Gasteiger partial charge in [0.15, 0.2) is 11.0 Å². The van der Waals surface area contributed by atoms with Gasteiger partial charge in [-0.1, -0.05) is 70.2 Å². The predicted octanol–water partition coefficient (Wildman–Crippen LogP) is 5.97. The lowest BCUT2D eigenvalue weighted by Gasteiger charge is -2.09. The van der Waals surface area contributed by atoms with Crippen LogP contribution in [0.5, 0.6) is 0 Å². The van der Waals surface area contributed by atoms with E-state index in [0.717, 1.165) is 27.0 Å². The minimum atomic E-state index is -0.493. The number of methoxy groups -OCH3 is 1. The number of amides is 1. The second-order valence-electron chi connectivity index (χ2n) is 7.11. The van der Waals surface area contributed by atoms with Gasteiger partial charge in [-0.2, -0.15) is 0 Å². The number of carbonyl (C=O) groups is 2. The number of ether oxygens (including phenoxy) is 1. The molecule has 0 aliphatic rings. The van der Waals surface area contributed by atoms with Crippen LogP contribution in [0.1, 0.15) is 17.3 Å². The van der Waals surface area contributed by atoms with E-state index in [-0.39, 0.29) is 11.7 Å². The summed E-state index contributed by atoms with van der Waals surface area (Å²) >= 11 is 6.03. The van der Waals surface area contributed by atoms with Gasteiger partial charge in [-0.25, -0.2) is 4.79 Å². The Hall–Kier alpha value is -2.95. The monoisotopic (exact) mass is 556 g/mol. The molecule has 10 heteroatoms. The summed E-state index contributed by atoms with van der Waals surface area (Å²) in [6, 6.07) is 17.4. The number of carbonyl (C=O) groups excluding carboxylic acids is 2. The molecule has 34 heavy (non-hydrogen) atoms. The van der Waals surface area contributed by atoms with Crippen molar-refractivity contribution in [2.45, 2.75) is 18.6 Å². The number of thiophene rings is 1. The molecule has 2 aromatic heterocycles. The van der Waals surface area contributed by atoms with Gasteiger partial charge in [-0.05, 0) is 24.6 Å². The lowest BCUT2D eigenvalue weighted by molar-refractivity contribution is -0.113. The SMILES string of the molecule is CCn1c(SCC(=O)Nc2scc(-c3ccccc3)c2C(=O)OC)nnc1-c1ccc(Br)cc1. The maximum atomic E-state index is 12.8. The lowest BCUT2D eigenvalue weighted by atomic mass is 10.0. The second kappa shape index (κ2) is 11.0. The first-order chi connectivity index (χ1) is 16.5. The molecule has 0 saturated carbocycles. The molecule has 4 aromatic rings. The van der Waals surface area contributed by atoms with Gasteiger partial charge in [0.1, 0.15) is 10.6 Å². The quantitative estimate of drug-likeness (QED) is 0.212. The lowest BCUT2D eigenvalue weighted by Crippen LogP contribution is -2.16. The Kier molecular flexibility index (Phi) is 7.81. The molecule has 0 fully saturated rings. The highest BCUT2D eigenvalue weighted by molar-refractivity contribution is 9.10. The summed E-state index contributed by atoms with van der Waals surface area (Å²) in [5.74, 6) is 0.134. The molecule has 1 N–H and O–H groups in total. The van der Waals surface area contributed by atoms with Crippen molar-refractivity contribution in [3.05, 3.63) is 70.0 Å². The van der Waals surface area contributed by atoms with Crippen molar-refractivity contribution in [1.29, 1.82) is 0 Å². The van der Waals surface area contributed by atoms with E-state index >= 15 is 0 Å². The highest BCUT2D eigenvalue weighted by atomic mass is 79.9. The number of hydrogen-bond acceptors (Lipinski definition) is 7. The maximum absolute atomic E-state index is 12.8. The first-order valence-electron chi connectivity index (χ1n) is 10.4. The van der Waals surface area contributed by atoms with Gasteiger partial charge in [0.25, 0.3) is 0 Å². The highest BCUT2D eigenvalue weighted by Gasteiger charge is 2.23. The summed E-state index contributed by atoms with van der Waals surface area (Å²) in [5, 5.41) is 14.4. The van der Waals surface area contributed by atoms with E-state index in [4.69, 9.17) is 4.74 Å². The fourth-order valence-electron chi connectivity index (χ4n) is 3.37. The minimum Gasteiger partial charge on any atom is -0.465 e. The van der Waals surface area contributed by atoms with Crippen molar-refractivity contribution in [1.82, 2.24) is 14.8 Å². The van der Waals surface area contributed by atoms with E-state index < -0.39 is 5.97 Å². The number of benzene rings is 2. The van der Waals surface area contributed by atoms with Crippen molar-refractivity contribution >= 4 is 55.9 Å². The van der Waals surface area contributed by atoms with Gasteiger partial charge in [0.2, 0.25) is 5.91 Å². The van der Waals surface area contributed by atoms with Gasteiger partial charge >= 0.3 is 5.97 Å². The van der Waals surface area contributed by atoms with E-state index in [1.54, 1.807) is 0 Å². The molecule has 174 valence electrons. The molecular formula is C24H21BrN4O3S2. The van der Waals surface area contributed by atoms with E-state index in [1.807, 2.05) is 71.5 Å². The van der Waals surface area contributed by atoms with E-state index in [9.17, 15) is 9.59 Å². The number of nitrogens with zero attached hydrogens (tertiary/aromatic N) is 3. The number of anilines is 1. The summed E-state index contributed by atoms with van der Waals surface area (Å²) in [5.41, 5.74) is 2.91. The van der Waals surface area contributed by atoms with Crippen LogP contribution >= 0.6 is 39.0 Å². The number of halogens is 1. The van der Waals surface area contributed by atoms with Gasteiger partial charge in [0.05, 0.1) is 12.9 Å². The number of nitrogens with one attached hydrogen (secondary N) is 1. The molecule has 7 nitrogen and oxygen atoms in total. The Bertz CT molecular complexity index is 1300. The van der Waals surface area contributed by atoms with Crippen LogP contribution in [0.4, 0.5) is 5.00 Å². The van der Waals surface area contributed by atoms with Crippen molar-refractivity contribution in [3.8, 4) is 22.5 Å². The zero-order chi connectivity index (χ0) is 24.1. The van der Waals surface area contributed by atoms with Gasteiger partial charge in [-0.3, -0.25) is 4.79 Å². The number of hydrogen-bond donors (Lipinski definition) is 1. The number of aromatic nitrogens is 3. The minimum absolute atomic E-state index is 0.123. The van der Waals surface area contributed by atoms with Crippen LogP contribution in [-0.2, 0) is 16.1 Å². The average Bonchev–Trinajstić information content (AvgIpc) is 3.47. The first-order valence-corrected chi connectivity index (χ1v) is 13.0. The second-order valence-corrected chi connectivity index (χ2v) is 9.84. The van der Waals surface area contributed by atoms with Crippen LogP contribution in [0.25, 0.3) is 22.5 Å². The van der Waals surface area contributed by atoms with Gasteiger partial charge in [0, 0.05) is 27.5 Å². The van der Waals surface area contributed by atoms with Gasteiger partial charge < -0.3 is 14.6 Å². The Labute approximate surface area is 213 Å². The first kappa shape index (κ1) is 24.2. The summed E-state index contributed by atoms with van der Waals surface area (Å²) in [4.78, 5) is 25.3. The molecule has 0 spiro atoms. The summed E-state index contributed by atoms with van der Waals surface area (Å²) in [7, 11) is 1.33. The summed E-state index contributed by atoms with van der Waals surface area (Å²) < 4.78 is 7.94. The molecule has 0 aliphatic carbocycles. The summed E-state index contributed by atoms with van der Waals surface area (Å²) in [6.45, 7) is 2.68. The molecule has 2 aromatic carbocycles. The summed E-state index contributed by atoms with van der Waals surface area (Å²) in [6.07, 6.45) is 0. The number of rotatable bonds is 8. The standard InChI is InChI=1S/C24H21BrN4O3S2/c1-3-29-21(16-9-11-17(25)12-10-16)27-28-24(29)34-14-19(30)26-22-20(23(31)32-2)18(13-33-22)15-7-5-4-6-8-15/h4-13H,3,14H2,1-2H3,(H,26,30). The maximum Gasteiger partial charge on any atom is 0.341 e. The van der Waals surface area contributed by atoms with E-state index in [1.165, 1.54) is 30.2 Å². The van der Waals surface area contributed by atoms with Crippen LogP contribution in [0.3, 0.4) is 0 Å². The van der Waals surface area contributed by atoms with Crippen LogP contribution in [0.2, 0.25) is 0 Å². The zero-order valence-electron chi connectivity index (χ0n) is 18.4. The van der Waals surface area contributed by atoms with E-state index in [2.05, 4.69) is 31.4 Å². The Balaban J connectivity index is 1.49. The highest BCUT2D eigenvalue weighted by Crippen LogP contribution is 2.36. The smallest absolute Gasteiger partial charge is 0.341 e. The van der Waals surface area contributed by atoms with E-state index in [0.29, 0.717) is 22.3 Å². The molecule has 1 amide bonds. The van der Waals surface area contributed by atoms with Crippen molar-refractivity contribution < 1.29 is 14.3 Å². The van der Waals surface area contributed by atoms with Crippen molar-refractivity contribution in [2.24, 2.45) is 0 Å². The molecule has 0 aliphatic heterocycles. The normalized spacial score (nSPS) is 10.8. The Morgan fingerprint density at radius 2 is 1.82 bits per heavy atom. The molecule has 0 atom stereocenters. The molecule has 2 heterocycles.